The van der Waals surface area contributed by atoms with Crippen molar-refractivity contribution in [3.8, 4) is 5.69 Å². The highest BCUT2D eigenvalue weighted by Gasteiger charge is 2.33. The van der Waals surface area contributed by atoms with Crippen molar-refractivity contribution in [3.63, 3.8) is 0 Å². The van der Waals surface area contributed by atoms with Crippen LogP contribution in [0.5, 0.6) is 0 Å². The van der Waals surface area contributed by atoms with E-state index in [1.165, 1.54) is 0 Å². The normalized spacial score (nSPS) is 13.8. The summed E-state index contributed by atoms with van der Waals surface area (Å²) in [6.45, 7) is 2.06. The predicted octanol–water partition coefficient (Wildman–Crippen LogP) is 4.19. The van der Waals surface area contributed by atoms with Crippen molar-refractivity contribution >= 4 is 22.9 Å². The molecule has 1 fully saturated rings. The third-order valence-corrected chi connectivity index (χ3v) is 4.98. The number of imidazole rings is 1. The molecule has 1 amide bonds. The van der Waals surface area contributed by atoms with E-state index in [1.807, 2.05) is 47.1 Å². The number of aromatic amines is 1. The Morgan fingerprint density at radius 1 is 1.15 bits per heavy atom. The number of aromatic nitrogens is 4. The third-order valence-electron chi connectivity index (χ3n) is 4.98. The molecule has 1 aliphatic rings. The Kier molecular flexibility index (Phi) is 3.57. The molecule has 2 heterocycles. The quantitative estimate of drug-likeness (QED) is 0.575. The molecule has 6 nitrogen and oxygen atoms in total. The van der Waals surface area contributed by atoms with E-state index in [2.05, 4.69) is 33.4 Å². The lowest BCUT2D eigenvalue weighted by Gasteiger charge is -2.11. The Balaban J connectivity index is 1.51. The van der Waals surface area contributed by atoms with Gasteiger partial charge in [0.25, 0.3) is 5.91 Å². The molecule has 1 saturated carbocycles. The number of amides is 1. The van der Waals surface area contributed by atoms with E-state index in [0.29, 0.717) is 17.4 Å². The van der Waals surface area contributed by atoms with Crippen LogP contribution in [0.1, 0.15) is 40.4 Å². The highest BCUT2D eigenvalue weighted by Crippen LogP contribution is 2.42. The number of carbonyl (C=O) groups excluding carboxylic acids is 1. The van der Waals surface area contributed by atoms with Crippen molar-refractivity contribution in [1.82, 2.24) is 19.7 Å². The number of anilines is 1. The van der Waals surface area contributed by atoms with Gasteiger partial charge in [-0.15, -0.1) is 0 Å². The van der Waals surface area contributed by atoms with Crippen LogP contribution in [0, 0.1) is 6.92 Å². The fraction of sp³-hybridized carbons (Fsp3) is 0.190. The van der Waals surface area contributed by atoms with Crippen molar-refractivity contribution in [2.45, 2.75) is 25.7 Å². The Morgan fingerprint density at radius 2 is 1.93 bits per heavy atom. The average Bonchev–Trinajstić information content (AvgIpc) is 3.27. The van der Waals surface area contributed by atoms with Crippen LogP contribution < -0.4 is 5.32 Å². The lowest BCUT2D eigenvalue weighted by atomic mass is 10.1. The Morgan fingerprint density at radius 3 is 2.70 bits per heavy atom. The third kappa shape index (κ3) is 2.79. The number of rotatable bonds is 4. The summed E-state index contributed by atoms with van der Waals surface area (Å²) in [6, 6.07) is 15.8. The number of hydrogen-bond acceptors (Lipinski definition) is 3. The first-order chi connectivity index (χ1) is 13.2. The molecule has 4 aromatic rings. The summed E-state index contributed by atoms with van der Waals surface area (Å²) >= 11 is 0. The molecule has 2 N–H and O–H groups in total. The first-order valence-corrected chi connectivity index (χ1v) is 9.11. The summed E-state index contributed by atoms with van der Waals surface area (Å²) < 4.78 is 1.92. The molecule has 1 aliphatic carbocycles. The zero-order valence-corrected chi connectivity index (χ0v) is 14.9. The predicted molar refractivity (Wildman–Crippen MR) is 104 cm³/mol. The summed E-state index contributed by atoms with van der Waals surface area (Å²) in [5, 5.41) is 7.43. The summed E-state index contributed by atoms with van der Waals surface area (Å²) in [4.78, 5) is 20.5. The summed E-state index contributed by atoms with van der Waals surface area (Å²) in [6.07, 6.45) is 3.84. The zero-order valence-electron chi connectivity index (χ0n) is 14.9. The topological polar surface area (TPSA) is 75.6 Å². The maximum atomic E-state index is 12.9. The minimum atomic E-state index is -0.184. The van der Waals surface area contributed by atoms with Crippen LogP contribution in [0.3, 0.4) is 0 Å². The Hall–Kier alpha value is -3.41. The molecule has 5 rings (SSSR count). The largest absolute Gasteiger partial charge is 0.324 e. The van der Waals surface area contributed by atoms with E-state index < -0.39 is 0 Å². The van der Waals surface area contributed by atoms with E-state index in [1.54, 1.807) is 6.20 Å². The summed E-state index contributed by atoms with van der Waals surface area (Å²) in [7, 11) is 0. The van der Waals surface area contributed by atoms with Crippen LogP contribution >= 0.6 is 0 Å². The Labute approximate surface area is 156 Å². The molecule has 0 unspecified atom stereocenters. The van der Waals surface area contributed by atoms with Gasteiger partial charge < -0.3 is 4.98 Å². The molecule has 0 radical (unpaired) electrons. The van der Waals surface area contributed by atoms with E-state index >= 15 is 0 Å². The van der Waals surface area contributed by atoms with E-state index in [0.717, 1.165) is 40.8 Å². The highest BCUT2D eigenvalue weighted by molar-refractivity contribution is 6.05. The van der Waals surface area contributed by atoms with Gasteiger partial charge in [-0.3, -0.25) is 10.1 Å². The van der Waals surface area contributed by atoms with Crippen LogP contribution in [0.4, 0.5) is 5.95 Å². The van der Waals surface area contributed by atoms with Gasteiger partial charge in [0.15, 0.2) is 0 Å². The molecule has 0 saturated heterocycles. The van der Waals surface area contributed by atoms with Gasteiger partial charge in [0.2, 0.25) is 5.95 Å². The molecule has 0 aliphatic heterocycles. The second-order valence-electron chi connectivity index (χ2n) is 6.97. The lowest BCUT2D eigenvalue weighted by Crippen LogP contribution is -2.15. The molecule has 0 atom stereocenters. The number of carbonyl (C=O) groups is 1. The molecule has 0 spiro atoms. The fourth-order valence-electron chi connectivity index (χ4n) is 3.46. The first kappa shape index (κ1) is 15.8. The van der Waals surface area contributed by atoms with Gasteiger partial charge in [-0.25, -0.2) is 9.67 Å². The fourth-order valence-corrected chi connectivity index (χ4v) is 3.46. The van der Waals surface area contributed by atoms with Gasteiger partial charge in [0, 0.05) is 5.92 Å². The van der Waals surface area contributed by atoms with Crippen molar-refractivity contribution in [3.05, 3.63) is 71.5 Å². The number of aryl methyl sites for hydroxylation is 1. The molecule has 6 heteroatoms. The molecule has 2 aromatic heterocycles. The minimum absolute atomic E-state index is 0.184. The number of nitrogens with zero attached hydrogens (tertiary/aromatic N) is 3. The van der Waals surface area contributed by atoms with Gasteiger partial charge in [-0.2, -0.15) is 5.10 Å². The maximum absolute atomic E-state index is 12.9. The number of benzene rings is 2. The van der Waals surface area contributed by atoms with Gasteiger partial charge in [-0.1, -0.05) is 30.3 Å². The molecule has 2 aromatic carbocycles. The molecule has 0 bridgehead atoms. The minimum Gasteiger partial charge on any atom is -0.324 e. The number of nitrogens with one attached hydrogen (secondary N) is 2. The van der Waals surface area contributed by atoms with Gasteiger partial charge >= 0.3 is 0 Å². The lowest BCUT2D eigenvalue weighted by molar-refractivity contribution is 0.102. The van der Waals surface area contributed by atoms with Crippen molar-refractivity contribution in [2.75, 3.05) is 5.32 Å². The molecule has 134 valence electrons. The standard InChI is InChI=1S/C21H19N5O/c1-13-6-2-5-9-18(13)26-19(14-10-11-14)15(12-22-26)20(27)25-21-23-16-7-3-4-8-17(16)24-21/h2-9,12,14H,10-11H2,1H3,(H2,23,24,25,27). The molecular formula is C21H19N5O. The zero-order chi connectivity index (χ0) is 18.4. The second kappa shape index (κ2) is 6.09. The molecular weight excluding hydrogens is 338 g/mol. The van der Waals surface area contributed by atoms with Gasteiger partial charge in [0.1, 0.15) is 0 Å². The summed E-state index contributed by atoms with van der Waals surface area (Å²) in [5.74, 6) is 0.644. The average molecular weight is 357 g/mol. The maximum Gasteiger partial charge on any atom is 0.261 e. The van der Waals surface area contributed by atoms with Crippen LogP contribution in [0.2, 0.25) is 0 Å². The highest BCUT2D eigenvalue weighted by atomic mass is 16.1. The van der Waals surface area contributed by atoms with Crippen LogP contribution in [-0.4, -0.2) is 25.7 Å². The number of fused-ring (bicyclic) bond motifs is 1. The van der Waals surface area contributed by atoms with Crippen LogP contribution in [-0.2, 0) is 0 Å². The SMILES string of the molecule is Cc1ccccc1-n1ncc(C(=O)Nc2nc3ccccc3[nH]2)c1C1CC1. The first-order valence-electron chi connectivity index (χ1n) is 9.11. The van der Waals surface area contributed by atoms with Crippen molar-refractivity contribution in [2.24, 2.45) is 0 Å². The number of H-pyrrole nitrogens is 1. The van der Waals surface area contributed by atoms with E-state index in [-0.39, 0.29) is 5.91 Å². The van der Waals surface area contributed by atoms with Gasteiger partial charge in [0.05, 0.1) is 34.2 Å². The number of para-hydroxylation sites is 3. The smallest absolute Gasteiger partial charge is 0.261 e. The van der Waals surface area contributed by atoms with Gasteiger partial charge in [-0.05, 0) is 43.5 Å². The second-order valence-corrected chi connectivity index (χ2v) is 6.97. The number of hydrogen-bond donors (Lipinski definition) is 2. The van der Waals surface area contributed by atoms with Crippen LogP contribution in [0.25, 0.3) is 16.7 Å². The monoisotopic (exact) mass is 357 g/mol. The Bertz CT molecular complexity index is 1120. The molecule has 27 heavy (non-hydrogen) atoms. The van der Waals surface area contributed by atoms with Crippen molar-refractivity contribution < 1.29 is 4.79 Å². The van der Waals surface area contributed by atoms with E-state index in [4.69, 9.17) is 0 Å². The van der Waals surface area contributed by atoms with Crippen LogP contribution in [0.15, 0.2) is 54.7 Å². The summed E-state index contributed by atoms with van der Waals surface area (Å²) in [5.41, 5.74) is 5.46. The van der Waals surface area contributed by atoms with Crippen molar-refractivity contribution in [1.29, 1.82) is 0 Å². The van der Waals surface area contributed by atoms with E-state index in [9.17, 15) is 4.79 Å².